The molecule has 1 saturated heterocycles. The first-order chi connectivity index (χ1) is 8.05. The standard InChI is InChI=1S/C12H19NO3/c1-7-8-5-9(10(14)6-8)13(7)11(15)16-12(2,3)4/h7-9H,5-6H2,1-4H3/t7-,8-,9+/m1/s1/i6D2. The lowest BCUT2D eigenvalue weighted by atomic mass is 10.0. The quantitative estimate of drug-likeness (QED) is 0.635. The van der Waals surface area contributed by atoms with E-state index < -0.39 is 35.8 Å². The summed E-state index contributed by atoms with van der Waals surface area (Å²) in [5.41, 5.74) is -0.610. The third kappa shape index (κ3) is 1.81. The Bertz CT molecular complexity index is 403. The van der Waals surface area contributed by atoms with Crippen molar-refractivity contribution < 1.29 is 17.1 Å². The SMILES string of the molecule is [2H]C1([2H])C(=O)[C@@H]2C[C@H]1[C@@H](C)N2C(=O)OC(C)(C)C. The molecule has 2 bridgehead atoms. The molecule has 2 rings (SSSR count). The van der Waals surface area contributed by atoms with Crippen LogP contribution in [0.1, 0.15) is 43.2 Å². The highest BCUT2D eigenvalue weighted by Gasteiger charge is 2.51. The highest BCUT2D eigenvalue weighted by Crippen LogP contribution is 2.40. The van der Waals surface area contributed by atoms with E-state index in [0.717, 1.165) is 0 Å². The first-order valence-corrected chi connectivity index (χ1v) is 5.61. The van der Waals surface area contributed by atoms with Crippen LogP contribution in [0.15, 0.2) is 0 Å². The number of hydrogen-bond donors (Lipinski definition) is 0. The van der Waals surface area contributed by atoms with Crippen LogP contribution >= 0.6 is 0 Å². The molecule has 0 unspecified atom stereocenters. The maximum atomic E-state index is 12.0. The third-order valence-electron chi connectivity index (χ3n) is 3.07. The zero-order valence-electron chi connectivity index (χ0n) is 12.1. The average Bonchev–Trinajstić information content (AvgIpc) is 2.60. The Morgan fingerprint density at radius 3 is 2.69 bits per heavy atom. The number of carbonyl (C=O) groups excluding carboxylic acids is 2. The summed E-state index contributed by atoms with van der Waals surface area (Å²) in [6.45, 7) is 7.08. The molecule has 3 atom stereocenters. The summed E-state index contributed by atoms with van der Waals surface area (Å²) in [7, 11) is 0. The van der Waals surface area contributed by atoms with E-state index in [1.807, 2.05) is 0 Å². The van der Waals surface area contributed by atoms with Gasteiger partial charge in [0.1, 0.15) is 5.60 Å². The average molecular weight is 227 g/mol. The Morgan fingerprint density at radius 2 is 2.19 bits per heavy atom. The molecule has 1 amide bonds. The van der Waals surface area contributed by atoms with Gasteiger partial charge in [0.25, 0.3) is 0 Å². The minimum absolute atomic E-state index is 0.294. The zero-order valence-corrected chi connectivity index (χ0v) is 10.1. The monoisotopic (exact) mass is 227 g/mol. The van der Waals surface area contributed by atoms with Crippen molar-refractivity contribution in [2.75, 3.05) is 0 Å². The van der Waals surface area contributed by atoms with Crippen molar-refractivity contribution in [1.29, 1.82) is 0 Å². The fourth-order valence-electron chi connectivity index (χ4n) is 2.33. The van der Waals surface area contributed by atoms with Crippen LogP contribution < -0.4 is 0 Å². The largest absolute Gasteiger partial charge is 0.444 e. The molecular weight excluding hydrogens is 206 g/mol. The smallest absolute Gasteiger partial charge is 0.411 e. The Labute approximate surface area is 98.7 Å². The van der Waals surface area contributed by atoms with Gasteiger partial charge < -0.3 is 4.74 Å². The molecule has 0 aromatic carbocycles. The molecule has 1 aliphatic carbocycles. The summed E-state index contributed by atoms with van der Waals surface area (Å²) in [6.07, 6.45) is -1.92. The van der Waals surface area contributed by atoms with E-state index in [2.05, 4.69) is 0 Å². The van der Waals surface area contributed by atoms with Gasteiger partial charge in [0.15, 0.2) is 5.78 Å². The number of rotatable bonds is 0. The molecule has 0 aromatic heterocycles. The van der Waals surface area contributed by atoms with Crippen molar-refractivity contribution in [1.82, 2.24) is 4.90 Å². The Kier molecular flexibility index (Phi) is 1.96. The highest BCUT2D eigenvalue weighted by atomic mass is 16.6. The molecule has 0 radical (unpaired) electrons. The number of ether oxygens (including phenoxy) is 1. The second kappa shape index (κ2) is 3.47. The van der Waals surface area contributed by atoms with Crippen molar-refractivity contribution in [3.8, 4) is 0 Å². The van der Waals surface area contributed by atoms with E-state index in [4.69, 9.17) is 7.48 Å². The first kappa shape index (κ1) is 9.02. The third-order valence-corrected chi connectivity index (χ3v) is 3.07. The molecule has 0 aromatic rings. The zero-order chi connectivity index (χ0) is 13.9. The lowest BCUT2D eigenvalue weighted by Gasteiger charge is -2.33. The highest BCUT2D eigenvalue weighted by molar-refractivity contribution is 5.91. The number of hydrogen-bond acceptors (Lipinski definition) is 3. The number of Topliss-reactive ketones (excluding diaryl/α,β-unsaturated/α-hetero) is 1. The van der Waals surface area contributed by atoms with E-state index in [1.165, 1.54) is 4.90 Å². The molecule has 0 spiro atoms. The van der Waals surface area contributed by atoms with Gasteiger partial charge in [-0.05, 0) is 40.0 Å². The maximum absolute atomic E-state index is 12.0. The summed E-state index contributed by atoms with van der Waals surface area (Å²) in [6, 6.07) is -0.951. The molecule has 16 heavy (non-hydrogen) atoms. The minimum Gasteiger partial charge on any atom is -0.444 e. The molecule has 4 nitrogen and oxygen atoms in total. The lowest BCUT2D eigenvalue weighted by Crippen LogP contribution is -2.49. The lowest BCUT2D eigenvalue weighted by molar-refractivity contribution is -0.124. The van der Waals surface area contributed by atoms with E-state index in [0.29, 0.717) is 6.42 Å². The van der Waals surface area contributed by atoms with Gasteiger partial charge in [-0.2, -0.15) is 0 Å². The summed E-state index contributed by atoms with van der Waals surface area (Å²) < 4.78 is 20.8. The van der Waals surface area contributed by atoms with Crippen molar-refractivity contribution in [3.63, 3.8) is 0 Å². The van der Waals surface area contributed by atoms with E-state index in [-0.39, 0.29) is 6.04 Å². The van der Waals surface area contributed by atoms with Gasteiger partial charge in [0, 0.05) is 15.2 Å². The number of likely N-dealkylation sites (tertiary alicyclic amines) is 1. The predicted octanol–water partition coefficient (Wildman–Crippen LogP) is 1.97. The summed E-state index contributed by atoms with van der Waals surface area (Å²) in [5.74, 6) is -0.904. The van der Waals surface area contributed by atoms with Crippen molar-refractivity contribution in [3.05, 3.63) is 0 Å². The van der Waals surface area contributed by atoms with Gasteiger partial charge in [-0.1, -0.05) is 0 Å². The van der Waals surface area contributed by atoms with Gasteiger partial charge in [-0.3, -0.25) is 9.69 Å². The van der Waals surface area contributed by atoms with Crippen molar-refractivity contribution >= 4 is 11.9 Å². The van der Waals surface area contributed by atoms with E-state index in [9.17, 15) is 9.59 Å². The number of nitrogens with zero attached hydrogens (tertiary/aromatic N) is 1. The molecule has 0 N–H and O–H groups in total. The Morgan fingerprint density at radius 1 is 1.56 bits per heavy atom. The van der Waals surface area contributed by atoms with Gasteiger partial charge in [-0.25, -0.2) is 4.79 Å². The van der Waals surface area contributed by atoms with Gasteiger partial charge in [0.05, 0.1) is 6.04 Å². The summed E-state index contributed by atoms with van der Waals surface area (Å²) in [5, 5.41) is 0. The number of piperidine rings is 1. The van der Waals surface area contributed by atoms with Crippen LogP contribution in [0.25, 0.3) is 0 Å². The number of carbonyl (C=O) groups is 2. The van der Waals surface area contributed by atoms with Crippen molar-refractivity contribution in [2.24, 2.45) is 5.92 Å². The number of amides is 1. The molecule has 90 valence electrons. The molecule has 1 aliphatic heterocycles. The van der Waals surface area contributed by atoms with Gasteiger partial charge in [-0.15, -0.1) is 0 Å². The molecule has 2 fully saturated rings. The topological polar surface area (TPSA) is 46.6 Å². The second-order valence-electron chi connectivity index (χ2n) is 5.49. The van der Waals surface area contributed by atoms with Crippen LogP contribution in [0.4, 0.5) is 4.79 Å². The number of fused-ring (bicyclic) bond motifs is 2. The van der Waals surface area contributed by atoms with E-state index in [1.54, 1.807) is 27.7 Å². The van der Waals surface area contributed by atoms with Crippen LogP contribution in [0, 0.1) is 5.92 Å². The van der Waals surface area contributed by atoms with Crippen LogP contribution in [-0.2, 0) is 9.53 Å². The van der Waals surface area contributed by atoms with Crippen LogP contribution in [0.5, 0.6) is 0 Å². The fraction of sp³-hybridized carbons (Fsp3) is 0.833. The fourth-order valence-corrected chi connectivity index (χ4v) is 2.33. The van der Waals surface area contributed by atoms with Crippen LogP contribution in [0.2, 0.25) is 0 Å². The van der Waals surface area contributed by atoms with Gasteiger partial charge >= 0.3 is 6.09 Å². The van der Waals surface area contributed by atoms with E-state index >= 15 is 0 Å². The van der Waals surface area contributed by atoms with Crippen LogP contribution in [0.3, 0.4) is 0 Å². The first-order valence-electron chi connectivity index (χ1n) is 6.61. The molecule has 1 saturated carbocycles. The molecular formula is C12H19NO3. The maximum Gasteiger partial charge on any atom is 0.411 e. The van der Waals surface area contributed by atoms with Crippen molar-refractivity contribution in [2.45, 2.75) is 58.2 Å². The Hall–Kier alpha value is -1.06. The molecule has 2 aliphatic rings. The minimum atomic E-state index is -1.80. The van der Waals surface area contributed by atoms with Gasteiger partial charge in [0.2, 0.25) is 0 Å². The second-order valence-corrected chi connectivity index (χ2v) is 5.49. The summed E-state index contributed by atoms with van der Waals surface area (Å²) in [4.78, 5) is 25.3. The van der Waals surface area contributed by atoms with Crippen LogP contribution in [-0.4, -0.2) is 34.5 Å². The molecule has 1 heterocycles. The molecule has 4 heteroatoms. The summed E-state index contributed by atoms with van der Waals surface area (Å²) >= 11 is 0. The normalized spacial score (nSPS) is 38.4. The number of ketones is 1. The predicted molar refractivity (Wildman–Crippen MR) is 59.1 cm³/mol. The Balaban J connectivity index is 2.19.